The molecule has 2 fully saturated rings. The molecular weight excluding hydrogens is 506 g/mol. The number of thioether (sulfide) groups is 1. The second-order valence-electron chi connectivity index (χ2n) is 7.65. The third-order valence-corrected chi connectivity index (χ3v) is 7.36. The summed E-state index contributed by atoms with van der Waals surface area (Å²) in [6, 6.07) is 17.9. The lowest BCUT2D eigenvalue weighted by Crippen LogP contribution is -2.35. The molecule has 2 aliphatic rings. The van der Waals surface area contributed by atoms with Gasteiger partial charge in [-0.2, -0.15) is 5.10 Å². The van der Waals surface area contributed by atoms with Gasteiger partial charge in [0.05, 0.1) is 28.9 Å². The Kier molecular flexibility index (Phi) is 6.28. The van der Waals surface area contributed by atoms with Crippen LogP contribution in [0.1, 0.15) is 18.4 Å². The van der Waals surface area contributed by atoms with Crippen molar-refractivity contribution in [3.05, 3.63) is 75.7 Å². The highest BCUT2D eigenvalue weighted by molar-refractivity contribution is 9.10. The maximum Gasteiger partial charge on any atom is 0.266 e. The third kappa shape index (κ3) is 4.45. The van der Waals surface area contributed by atoms with Gasteiger partial charge in [-0.15, -0.1) is 0 Å². The molecule has 8 heteroatoms. The van der Waals surface area contributed by atoms with Crippen LogP contribution in [0.5, 0.6) is 0 Å². The third-order valence-electron chi connectivity index (χ3n) is 5.45. The fourth-order valence-electron chi connectivity index (χ4n) is 3.83. The molecule has 1 atom stereocenters. The van der Waals surface area contributed by atoms with Crippen LogP contribution in [0.2, 0.25) is 0 Å². The molecule has 0 bridgehead atoms. The van der Waals surface area contributed by atoms with Crippen LogP contribution in [0.25, 0.3) is 23.0 Å². The summed E-state index contributed by atoms with van der Waals surface area (Å²) in [5.41, 5.74) is 3.61. The Morgan fingerprint density at radius 2 is 1.97 bits per heavy atom. The summed E-state index contributed by atoms with van der Waals surface area (Å²) < 4.78 is 9.13. The van der Waals surface area contributed by atoms with E-state index in [4.69, 9.17) is 22.1 Å². The lowest BCUT2D eigenvalue weighted by molar-refractivity contribution is -0.123. The molecule has 2 aliphatic heterocycles. The average molecular weight is 526 g/mol. The van der Waals surface area contributed by atoms with E-state index in [2.05, 4.69) is 15.9 Å². The summed E-state index contributed by atoms with van der Waals surface area (Å²) in [6.45, 7) is 1.27. The van der Waals surface area contributed by atoms with Crippen LogP contribution in [0.3, 0.4) is 0 Å². The SMILES string of the molecule is O=C1/C(=C\c2cn(-c3ccccc3)nc2-c2ccc(Br)cc2)SC(=S)N1CC1CCCO1. The van der Waals surface area contributed by atoms with Crippen LogP contribution >= 0.6 is 39.9 Å². The Labute approximate surface area is 204 Å². The first-order chi connectivity index (χ1) is 15.6. The van der Waals surface area contributed by atoms with Crippen molar-refractivity contribution in [3.8, 4) is 16.9 Å². The maximum absolute atomic E-state index is 13.1. The van der Waals surface area contributed by atoms with Crippen LogP contribution in [0.4, 0.5) is 0 Å². The Hall–Kier alpha value is -2.26. The first kappa shape index (κ1) is 21.6. The molecule has 0 radical (unpaired) electrons. The van der Waals surface area contributed by atoms with Crippen molar-refractivity contribution in [3.63, 3.8) is 0 Å². The topological polar surface area (TPSA) is 47.4 Å². The zero-order valence-corrected chi connectivity index (χ0v) is 20.3. The largest absolute Gasteiger partial charge is 0.376 e. The molecule has 5 rings (SSSR count). The van der Waals surface area contributed by atoms with Gasteiger partial charge in [0.2, 0.25) is 0 Å². The van der Waals surface area contributed by atoms with Gasteiger partial charge in [0.15, 0.2) is 0 Å². The van der Waals surface area contributed by atoms with Crippen molar-refractivity contribution >= 4 is 56.2 Å². The molecule has 32 heavy (non-hydrogen) atoms. The van der Waals surface area contributed by atoms with Crippen molar-refractivity contribution in [1.82, 2.24) is 14.7 Å². The fraction of sp³-hybridized carbons (Fsp3) is 0.208. The number of para-hydroxylation sites is 1. The van der Waals surface area contributed by atoms with Crippen molar-refractivity contribution in [2.45, 2.75) is 18.9 Å². The van der Waals surface area contributed by atoms with Crippen molar-refractivity contribution in [2.75, 3.05) is 13.2 Å². The molecule has 0 spiro atoms. The summed E-state index contributed by atoms with van der Waals surface area (Å²) in [6.07, 6.45) is 5.92. The molecule has 3 aromatic rings. The van der Waals surface area contributed by atoms with E-state index in [1.54, 1.807) is 4.90 Å². The number of ether oxygens (including phenoxy) is 1. The Morgan fingerprint density at radius 3 is 2.69 bits per heavy atom. The molecule has 2 aromatic carbocycles. The summed E-state index contributed by atoms with van der Waals surface area (Å²) in [5, 5.41) is 4.84. The first-order valence-electron chi connectivity index (χ1n) is 10.4. The van der Waals surface area contributed by atoms with Gasteiger partial charge in [-0.05, 0) is 43.2 Å². The molecule has 0 N–H and O–H groups in total. The van der Waals surface area contributed by atoms with Crippen molar-refractivity contribution in [2.24, 2.45) is 0 Å². The second-order valence-corrected chi connectivity index (χ2v) is 10.2. The smallest absolute Gasteiger partial charge is 0.266 e. The lowest BCUT2D eigenvalue weighted by Gasteiger charge is -2.18. The number of carbonyl (C=O) groups is 1. The van der Waals surface area contributed by atoms with Gasteiger partial charge in [-0.3, -0.25) is 9.69 Å². The second kappa shape index (κ2) is 9.31. The van der Waals surface area contributed by atoms with E-state index in [0.29, 0.717) is 15.8 Å². The lowest BCUT2D eigenvalue weighted by atomic mass is 10.1. The van der Waals surface area contributed by atoms with E-state index in [0.717, 1.165) is 46.4 Å². The maximum atomic E-state index is 13.1. The molecule has 1 amide bonds. The number of halogens is 1. The molecule has 0 saturated carbocycles. The fourth-order valence-corrected chi connectivity index (χ4v) is 5.36. The van der Waals surface area contributed by atoms with Crippen LogP contribution < -0.4 is 0 Å². The van der Waals surface area contributed by atoms with E-state index >= 15 is 0 Å². The zero-order chi connectivity index (χ0) is 22.1. The van der Waals surface area contributed by atoms with E-state index in [-0.39, 0.29) is 12.0 Å². The van der Waals surface area contributed by atoms with Gasteiger partial charge in [-0.25, -0.2) is 4.68 Å². The van der Waals surface area contributed by atoms with Crippen LogP contribution in [-0.4, -0.2) is 44.2 Å². The summed E-state index contributed by atoms with van der Waals surface area (Å²) in [5.74, 6) is -0.0651. The van der Waals surface area contributed by atoms with Gasteiger partial charge in [0.25, 0.3) is 5.91 Å². The van der Waals surface area contributed by atoms with Crippen LogP contribution in [0.15, 0.2) is 70.2 Å². The Morgan fingerprint density at radius 1 is 1.19 bits per heavy atom. The first-order valence-corrected chi connectivity index (χ1v) is 12.4. The van der Waals surface area contributed by atoms with Crippen molar-refractivity contribution < 1.29 is 9.53 Å². The molecular formula is C24H20BrN3O2S2. The predicted octanol–water partition coefficient (Wildman–Crippen LogP) is 5.68. The molecule has 1 unspecified atom stereocenters. The number of benzene rings is 2. The molecule has 1 aromatic heterocycles. The number of carbonyl (C=O) groups excluding carboxylic acids is 1. The van der Waals surface area contributed by atoms with Gasteiger partial charge < -0.3 is 4.74 Å². The summed E-state index contributed by atoms with van der Waals surface area (Å²) in [4.78, 5) is 15.4. The Bertz CT molecular complexity index is 1190. The standard InChI is InChI=1S/C24H20BrN3O2S2/c25-18-10-8-16(9-11-18)22-17(14-28(26-22)19-5-2-1-3-6-19)13-21-23(29)27(24(31)32-21)15-20-7-4-12-30-20/h1-3,5-6,8-11,13-14,20H,4,7,12,15H2/b21-13+. The van der Waals surface area contributed by atoms with Gasteiger partial charge in [0, 0.05) is 28.4 Å². The highest BCUT2D eigenvalue weighted by atomic mass is 79.9. The molecule has 162 valence electrons. The number of hydrogen-bond acceptors (Lipinski definition) is 5. The zero-order valence-electron chi connectivity index (χ0n) is 17.1. The van der Waals surface area contributed by atoms with E-state index in [1.165, 1.54) is 11.8 Å². The number of amides is 1. The number of rotatable bonds is 5. The Balaban J connectivity index is 1.51. The van der Waals surface area contributed by atoms with E-state index in [9.17, 15) is 4.79 Å². The number of nitrogens with zero attached hydrogens (tertiary/aromatic N) is 3. The molecule has 0 aliphatic carbocycles. The quantitative estimate of drug-likeness (QED) is 0.316. The number of hydrogen-bond donors (Lipinski definition) is 0. The highest BCUT2D eigenvalue weighted by Gasteiger charge is 2.35. The minimum atomic E-state index is -0.0651. The highest BCUT2D eigenvalue weighted by Crippen LogP contribution is 2.35. The number of aromatic nitrogens is 2. The predicted molar refractivity (Wildman–Crippen MR) is 136 cm³/mol. The molecule has 5 nitrogen and oxygen atoms in total. The molecule has 3 heterocycles. The normalized spacial score (nSPS) is 20.0. The number of thiocarbonyl (C=S) groups is 1. The van der Waals surface area contributed by atoms with Gasteiger partial charge in [-0.1, -0.05) is 70.2 Å². The van der Waals surface area contributed by atoms with Gasteiger partial charge in [0.1, 0.15) is 4.32 Å². The summed E-state index contributed by atoms with van der Waals surface area (Å²) >= 11 is 10.3. The monoisotopic (exact) mass is 525 g/mol. The van der Waals surface area contributed by atoms with Crippen LogP contribution in [-0.2, 0) is 9.53 Å². The van der Waals surface area contributed by atoms with Gasteiger partial charge >= 0.3 is 0 Å². The minimum Gasteiger partial charge on any atom is -0.376 e. The average Bonchev–Trinajstić information content (AvgIpc) is 3.53. The minimum absolute atomic E-state index is 0.0651. The summed E-state index contributed by atoms with van der Waals surface area (Å²) in [7, 11) is 0. The molecule has 2 saturated heterocycles. The van der Waals surface area contributed by atoms with Crippen molar-refractivity contribution in [1.29, 1.82) is 0 Å². The van der Waals surface area contributed by atoms with Crippen LogP contribution in [0, 0.1) is 0 Å². The van der Waals surface area contributed by atoms with E-state index in [1.807, 2.05) is 71.6 Å². The van der Waals surface area contributed by atoms with E-state index < -0.39 is 0 Å².